The number of carbonyl (C=O) groups is 2. The number of anilines is 1. The van der Waals surface area contributed by atoms with Gasteiger partial charge in [-0.15, -0.1) is 5.10 Å². The average Bonchev–Trinajstić information content (AvgIpc) is 3.41. The fourth-order valence-electron chi connectivity index (χ4n) is 4.91. The molecule has 4 aromatic rings. The van der Waals surface area contributed by atoms with E-state index in [-0.39, 0.29) is 29.6 Å². The number of amides is 2. The van der Waals surface area contributed by atoms with Crippen molar-refractivity contribution >= 4 is 17.5 Å². The maximum absolute atomic E-state index is 13.5. The van der Waals surface area contributed by atoms with Crippen molar-refractivity contribution in [2.24, 2.45) is 0 Å². The molecule has 2 aromatic heterocycles. The van der Waals surface area contributed by atoms with Crippen molar-refractivity contribution in [1.82, 2.24) is 29.8 Å². The molecular weight excluding hydrogens is 632 g/mol. The number of nitrogens with one attached hydrogen (secondary N) is 1. The Labute approximate surface area is 264 Å². The van der Waals surface area contributed by atoms with Gasteiger partial charge in [0.15, 0.2) is 0 Å². The summed E-state index contributed by atoms with van der Waals surface area (Å²) in [6.07, 6.45) is -8.96. The van der Waals surface area contributed by atoms with Crippen LogP contribution in [0.15, 0.2) is 66.9 Å². The summed E-state index contributed by atoms with van der Waals surface area (Å²) in [5.74, 6) is -0.839. The zero-order valence-electron chi connectivity index (χ0n) is 24.9. The summed E-state index contributed by atoms with van der Waals surface area (Å²) < 4.78 is 82.2. The minimum Gasteiger partial charge on any atom is -0.454 e. The number of aromatic nitrogens is 4. The first-order valence-electron chi connectivity index (χ1n) is 14.4. The van der Waals surface area contributed by atoms with Crippen LogP contribution in [-0.4, -0.2) is 80.6 Å². The predicted molar refractivity (Wildman–Crippen MR) is 157 cm³/mol. The molecule has 1 N–H and O–H groups in total. The number of rotatable bonds is 10. The molecule has 0 spiro atoms. The molecule has 1 aliphatic heterocycles. The van der Waals surface area contributed by atoms with E-state index >= 15 is 0 Å². The Bertz CT molecular complexity index is 1670. The topological polar surface area (TPSA) is 105 Å². The molecule has 0 radical (unpaired) electrons. The second kappa shape index (κ2) is 14.2. The van der Waals surface area contributed by atoms with Gasteiger partial charge < -0.3 is 15.0 Å². The molecule has 16 heteroatoms. The lowest BCUT2D eigenvalue weighted by molar-refractivity contribution is -0.137. The molecule has 1 unspecified atom stereocenters. The van der Waals surface area contributed by atoms with Crippen LogP contribution in [0.1, 0.15) is 43.4 Å². The number of hydrogen-bond acceptors (Lipinski definition) is 7. The Kier molecular flexibility index (Phi) is 10.1. The molecule has 10 nitrogen and oxygen atoms in total. The molecule has 248 valence electrons. The quantitative estimate of drug-likeness (QED) is 0.233. The van der Waals surface area contributed by atoms with Crippen LogP contribution in [0.3, 0.4) is 0 Å². The number of nitrogens with zero attached hydrogens (tertiary/aromatic N) is 6. The van der Waals surface area contributed by atoms with Crippen molar-refractivity contribution in [3.63, 3.8) is 0 Å². The Balaban J connectivity index is 1.14. The van der Waals surface area contributed by atoms with E-state index in [2.05, 4.69) is 30.2 Å². The fraction of sp³-hybridized carbons (Fsp3) is 0.323. The van der Waals surface area contributed by atoms with Gasteiger partial charge in [-0.1, -0.05) is 23.4 Å². The number of halogens is 6. The highest BCUT2D eigenvalue weighted by Crippen LogP contribution is 2.30. The largest absolute Gasteiger partial charge is 0.454 e. The predicted octanol–water partition coefficient (Wildman–Crippen LogP) is 5.20. The van der Waals surface area contributed by atoms with Gasteiger partial charge in [-0.2, -0.15) is 17.6 Å². The highest BCUT2D eigenvalue weighted by molar-refractivity contribution is 6.02. The van der Waals surface area contributed by atoms with Crippen LogP contribution in [0.4, 0.5) is 32.0 Å². The van der Waals surface area contributed by atoms with Gasteiger partial charge >= 0.3 is 12.6 Å². The molecule has 0 aliphatic carbocycles. The number of pyridine rings is 1. The van der Waals surface area contributed by atoms with Gasteiger partial charge in [0.05, 0.1) is 17.8 Å². The van der Waals surface area contributed by atoms with Gasteiger partial charge in [0.2, 0.25) is 0 Å². The number of alkyl halides is 6. The molecule has 5 rings (SSSR count). The number of ether oxygens (including phenoxy) is 1. The maximum atomic E-state index is 13.5. The molecule has 1 atom stereocenters. The standard InChI is InChI=1S/C31H29F6N7O3/c1-19-26(30(46)43-14-12-42(13-15-43)17-20-2-9-24(10-3-20)47-28(34)27(32)33)44(41-40-19)18-21-4-11-25(38-16-21)29(45)39-23-7-5-22(6-8-23)31(35,36)37/h2-11,16,27-28H,12-15,17-18H2,1H3,(H,39,45). The van der Waals surface area contributed by atoms with E-state index in [1.807, 2.05) is 0 Å². The van der Waals surface area contributed by atoms with Gasteiger partial charge in [-0.3, -0.25) is 19.5 Å². The van der Waals surface area contributed by atoms with E-state index in [0.29, 0.717) is 49.7 Å². The Hall–Kier alpha value is -4.99. The van der Waals surface area contributed by atoms with Crippen molar-refractivity contribution < 1.29 is 40.7 Å². The summed E-state index contributed by atoms with van der Waals surface area (Å²) >= 11 is 0. The van der Waals surface area contributed by atoms with Gasteiger partial charge in [0, 0.05) is 44.6 Å². The molecule has 1 aliphatic rings. The Morgan fingerprint density at radius 1 is 0.894 bits per heavy atom. The SMILES string of the molecule is Cc1nnn(Cc2ccc(C(=O)Nc3ccc(C(F)(F)F)cc3)nc2)c1C(=O)N1CCN(Cc2ccc(OC(F)C(F)F)cc2)CC1. The first-order chi connectivity index (χ1) is 22.4. The zero-order valence-corrected chi connectivity index (χ0v) is 24.9. The monoisotopic (exact) mass is 661 g/mol. The minimum absolute atomic E-state index is 0.00599. The van der Waals surface area contributed by atoms with Crippen molar-refractivity contribution in [3.8, 4) is 5.75 Å². The highest BCUT2D eigenvalue weighted by Gasteiger charge is 2.30. The van der Waals surface area contributed by atoms with Crippen molar-refractivity contribution in [2.75, 3.05) is 31.5 Å². The van der Waals surface area contributed by atoms with Gasteiger partial charge in [-0.05, 0) is 60.5 Å². The molecular formula is C31H29F6N7O3. The number of aryl methyl sites for hydroxylation is 1. The molecule has 2 amide bonds. The number of hydrogen-bond donors (Lipinski definition) is 1. The molecule has 47 heavy (non-hydrogen) atoms. The van der Waals surface area contributed by atoms with E-state index in [4.69, 9.17) is 0 Å². The second-order valence-electron chi connectivity index (χ2n) is 10.8. The van der Waals surface area contributed by atoms with Gasteiger partial charge in [0.25, 0.3) is 18.2 Å². The van der Waals surface area contributed by atoms with Crippen LogP contribution in [0, 0.1) is 6.92 Å². The minimum atomic E-state index is -4.48. The van der Waals surface area contributed by atoms with E-state index < -0.39 is 30.4 Å². The molecule has 1 saturated heterocycles. The third-order valence-electron chi connectivity index (χ3n) is 7.40. The van der Waals surface area contributed by atoms with E-state index in [9.17, 15) is 35.9 Å². The molecule has 3 heterocycles. The summed E-state index contributed by atoms with van der Waals surface area (Å²) in [6.45, 7) is 4.39. The lowest BCUT2D eigenvalue weighted by atomic mass is 10.2. The van der Waals surface area contributed by atoms with E-state index in [1.165, 1.54) is 29.1 Å². The molecule has 0 bridgehead atoms. The van der Waals surface area contributed by atoms with Crippen LogP contribution in [0.25, 0.3) is 0 Å². The van der Waals surface area contributed by atoms with Gasteiger partial charge in [0.1, 0.15) is 17.1 Å². The lowest BCUT2D eigenvalue weighted by Crippen LogP contribution is -2.48. The van der Waals surface area contributed by atoms with Crippen LogP contribution in [0.2, 0.25) is 0 Å². The van der Waals surface area contributed by atoms with Crippen LogP contribution in [-0.2, 0) is 19.3 Å². The fourth-order valence-corrected chi connectivity index (χ4v) is 4.91. The summed E-state index contributed by atoms with van der Waals surface area (Å²) in [4.78, 5) is 34.1. The highest BCUT2D eigenvalue weighted by atomic mass is 19.4. The second-order valence-corrected chi connectivity index (χ2v) is 10.8. The third kappa shape index (κ3) is 8.44. The Morgan fingerprint density at radius 3 is 2.15 bits per heavy atom. The Morgan fingerprint density at radius 2 is 1.55 bits per heavy atom. The maximum Gasteiger partial charge on any atom is 0.416 e. The first kappa shape index (κ1) is 33.4. The van der Waals surface area contributed by atoms with Crippen molar-refractivity contribution in [3.05, 3.63) is 101 Å². The van der Waals surface area contributed by atoms with Crippen molar-refractivity contribution in [2.45, 2.75) is 39.0 Å². The van der Waals surface area contributed by atoms with Crippen LogP contribution >= 0.6 is 0 Å². The molecule has 2 aromatic carbocycles. The molecule has 1 fully saturated rings. The zero-order chi connectivity index (χ0) is 33.7. The normalized spacial score (nSPS) is 14.7. The summed E-state index contributed by atoms with van der Waals surface area (Å²) in [5, 5.41) is 10.7. The summed E-state index contributed by atoms with van der Waals surface area (Å²) in [7, 11) is 0. The summed E-state index contributed by atoms with van der Waals surface area (Å²) in [5.41, 5.74) is 1.66. The van der Waals surface area contributed by atoms with Crippen LogP contribution in [0.5, 0.6) is 5.75 Å². The third-order valence-corrected chi connectivity index (χ3v) is 7.40. The first-order valence-corrected chi connectivity index (χ1v) is 14.4. The smallest absolute Gasteiger partial charge is 0.416 e. The van der Waals surface area contributed by atoms with Gasteiger partial charge in [-0.25, -0.2) is 13.5 Å². The van der Waals surface area contributed by atoms with E-state index in [0.717, 1.165) is 29.8 Å². The number of carbonyl (C=O) groups excluding carboxylic acids is 2. The van der Waals surface area contributed by atoms with Crippen LogP contribution < -0.4 is 10.1 Å². The number of piperazine rings is 1. The summed E-state index contributed by atoms with van der Waals surface area (Å²) in [6, 6.07) is 13.4. The lowest BCUT2D eigenvalue weighted by Gasteiger charge is -2.34. The average molecular weight is 662 g/mol. The van der Waals surface area contributed by atoms with Crippen molar-refractivity contribution in [1.29, 1.82) is 0 Å². The van der Waals surface area contributed by atoms with E-state index in [1.54, 1.807) is 30.0 Å². The number of benzene rings is 2. The molecule has 0 saturated carbocycles.